The van der Waals surface area contributed by atoms with Gasteiger partial charge in [0.15, 0.2) is 0 Å². The Balaban J connectivity index is 2.39. The highest BCUT2D eigenvalue weighted by Gasteiger charge is 2.18. The molecule has 0 saturated heterocycles. The Morgan fingerprint density at radius 1 is 1.25 bits per heavy atom. The van der Waals surface area contributed by atoms with Crippen molar-refractivity contribution in [1.82, 2.24) is 0 Å². The standard InChI is InChI=1S/C16H16FN3/c1-11(14-5-3-4-6-15(14)17)20(2)16-8-7-13(19)9-12(16)10-18/h3-9,11H,19H2,1-2H3. The predicted molar refractivity (Wildman–Crippen MR) is 78.8 cm³/mol. The molecule has 0 aliphatic carbocycles. The van der Waals surface area contributed by atoms with Gasteiger partial charge in [0.2, 0.25) is 0 Å². The average Bonchev–Trinajstić information content (AvgIpc) is 2.46. The third kappa shape index (κ3) is 2.57. The van der Waals surface area contributed by atoms with E-state index in [1.807, 2.05) is 18.9 Å². The van der Waals surface area contributed by atoms with Crippen molar-refractivity contribution in [2.75, 3.05) is 17.7 Å². The molecule has 2 N–H and O–H groups in total. The second-order valence-corrected chi connectivity index (χ2v) is 4.70. The minimum Gasteiger partial charge on any atom is -0.399 e. The first kappa shape index (κ1) is 13.9. The zero-order valence-electron chi connectivity index (χ0n) is 11.5. The summed E-state index contributed by atoms with van der Waals surface area (Å²) >= 11 is 0. The van der Waals surface area contributed by atoms with Gasteiger partial charge in [-0.1, -0.05) is 18.2 Å². The number of rotatable bonds is 3. The molecule has 1 atom stereocenters. The van der Waals surface area contributed by atoms with E-state index in [2.05, 4.69) is 6.07 Å². The smallest absolute Gasteiger partial charge is 0.128 e. The van der Waals surface area contributed by atoms with Gasteiger partial charge in [0.05, 0.1) is 17.3 Å². The average molecular weight is 269 g/mol. The fraction of sp³-hybridized carbons (Fsp3) is 0.188. The van der Waals surface area contributed by atoms with Gasteiger partial charge in [0.25, 0.3) is 0 Å². The van der Waals surface area contributed by atoms with Gasteiger partial charge in [0, 0.05) is 18.3 Å². The first-order chi connectivity index (χ1) is 9.54. The summed E-state index contributed by atoms with van der Waals surface area (Å²) in [6.07, 6.45) is 0. The van der Waals surface area contributed by atoms with Gasteiger partial charge in [-0.25, -0.2) is 4.39 Å². The van der Waals surface area contributed by atoms with Crippen LogP contribution in [0.25, 0.3) is 0 Å². The van der Waals surface area contributed by atoms with E-state index in [9.17, 15) is 9.65 Å². The fourth-order valence-electron chi connectivity index (χ4n) is 2.18. The maximum absolute atomic E-state index is 13.9. The normalized spacial score (nSPS) is 11.7. The summed E-state index contributed by atoms with van der Waals surface area (Å²) in [5.74, 6) is -0.249. The lowest BCUT2D eigenvalue weighted by Crippen LogP contribution is -2.23. The monoisotopic (exact) mass is 269 g/mol. The predicted octanol–water partition coefficient (Wildman–Crippen LogP) is 3.48. The number of nitriles is 1. The molecule has 0 spiro atoms. The van der Waals surface area contributed by atoms with Crippen molar-refractivity contribution >= 4 is 11.4 Å². The third-order valence-corrected chi connectivity index (χ3v) is 3.46. The van der Waals surface area contributed by atoms with Crippen molar-refractivity contribution in [3.63, 3.8) is 0 Å². The van der Waals surface area contributed by atoms with Gasteiger partial charge in [-0.15, -0.1) is 0 Å². The van der Waals surface area contributed by atoms with Crippen LogP contribution in [0.5, 0.6) is 0 Å². The van der Waals surface area contributed by atoms with Crippen LogP contribution in [0.2, 0.25) is 0 Å². The van der Waals surface area contributed by atoms with Gasteiger partial charge >= 0.3 is 0 Å². The molecule has 0 heterocycles. The van der Waals surface area contributed by atoms with Crippen molar-refractivity contribution in [1.29, 1.82) is 5.26 Å². The topological polar surface area (TPSA) is 53.0 Å². The first-order valence-electron chi connectivity index (χ1n) is 6.31. The quantitative estimate of drug-likeness (QED) is 0.868. The molecule has 0 saturated carbocycles. The summed E-state index contributed by atoms with van der Waals surface area (Å²) in [6.45, 7) is 1.90. The number of nitrogen functional groups attached to an aromatic ring is 1. The molecule has 20 heavy (non-hydrogen) atoms. The summed E-state index contributed by atoms with van der Waals surface area (Å²) in [7, 11) is 1.84. The lowest BCUT2D eigenvalue weighted by molar-refractivity contribution is 0.585. The van der Waals surface area contributed by atoms with E-state index in [0.717, 1.165) is 5.69 Å². The second kappa shape index (κ2) is 5.62. The van der Waals surface area contributed by atoms with E-state index in [0.29, 0.717) is 16.8 Å². The Hall–Kier alpha value is -2.54. The minimum absolute atomic E-state index is 0.188. The third-order valence-electron chi connectivity index (χ3n) is 3.46. The van der Waals surface area contributed by atoms with E-state index in [1.165, 1.54) is 6.07 Å². The molecule has 0 fully saturated rings. The molecule has 2 aromatic rings. The summed E-state index contributed by atoms with van der Waals surface area (Å²) in [5, 5.41) is 9.19. The molecule has 0 amide bonds. The van der Waals surface area contributed by atoms with Gasteiger partial charge < -0.3 is 10.6 Å². The largest absolute Gasteiger partial charge is 0.399 e. The first-order valence-corrected chi connectivity index (χ1v) is 6.31. The summed E-state index contributed by atoms with van der Waals surface area (Å²) in [4.78, 5) is 1.87. The van der Waals surface area contributed by atoms with E-state index in [1.54, 1.807) is 36.4 Å². The van der Waals surface area contributed by atoms with Crippen LogP contribution >= 0.6 is 0 Å². The molecule has 102 valence electrons. The van der Waals surface area contributed by atoms with Crippen molar-refractivity contribution in [3.05, 3.63) is 59.4 Å². The Morgan fingerprint density at radius 2 is 1.95 bits per heavy atom. The lowest BCUT2D eigenvalue weighted by atomic mass is 10.0. The van der Waals surface area contributed by atoms with Crippen LogP contribution in [0.4, 0.5) is 15.8 Å². The SMILES string of the molecule is CC(c1ccccc1F)N(C)c1ccc(N)cc1C#N. The summed E-state index contributed by atoms with van der Waals surface area (Å²) in [6, 6.07) is 13.7. The highest BCUT2D eigenvalue weighted by atomic mass is 19.1. The number of nitrogens with two attached hydrogens (primary N) is 1. The van der Waals surface area contributed by atoms with Crippen LogP contribution in [0.15, 0.2) is 42.5 Å². The van der Waals surface area contributed by atoms with E-state index < -0.39 is 0 Å². The number of nitrogens with zero attached hydrogens (tertiary/aromatic N) is 2. The maximum Gasteiger partial charge on any atom is 0.128 e. The van der Waals surface area contributed by atoms with Crippen LogP contribution in [-0.4, -0.2) is 7.05 Å². The van der Waals surface area contributed by atoms with Crippen molar-refractivity contribution in [3.8, 4) is 6.07 Å². The van der Waals surface area contributed by atoms with Crippen LogP contribution in [0.3, 0.4) is 0 Å². The summed E-state index contributed by atoms with van der Waals surface area (Å²) < 4.78 is 13.9. The molecule has 0 aliphatic heterocycles. The molecule has 3 nitrogen and oxygen atoms in total. The van der Waals surface area contributed by atoms with Crippen molar-refractivity contribution in [2.45, 2.75) is 13.0 Å². The highest BCUT2D eigenvalue weighted by molar-refractivity contribution is 5.64. The van der Waals surface area contributed by atoms with Crippen LogP contribution < -0.4 is 10.6 Å². The number of halogens is 1. The minimum atomic E-state index is -0.249. The second-order valence-electron chi connectivity index (χ2n) is 4.70. The Labute approximate surface area is 118 Å². The zero-order valence-corrected chi connectivity index (χ0v) is 11.5. The van der Waals surface area contributed by atoms with Gasteiger partial charge in [0.1, 0.15) is 11.9 Å². The Morgan fingerprint density at radius 3 is 2.60 bits per heavy atom. The molecule has 2 rings (SSSR count). The molecule has 0 aliphatic rings. The van der Waals surface area contributed by atoms with Crippen LogP contribution in [0, 0.1) is 17.1 Å². The Bertz CT molecular complexity index is 661. The van der Waals surface area contributed by atoms with Crippen molar-refractivity contribution in [2.24, 2.45) is 0 Å². The van der Waals surface area contributed by atoms with Crippen LogP contribution in [0.1, 0.15) is 24.1 Å². The molecular formula is C16H16FN3. The maximum atomic E-state index is 13.9. The zero-order chi connectivity index (χ0) is 14.7. The number of benzene rings is 2. The van der Waals surface area contributed by atoms with E-state index in [4.69, 9.17) is 5.73 Å². The van der Waals surface area contributed by atoms with E-state index >= 15 is 0 Å². The summed E-state index contributed by atoms with van der Waals surface area (Å²) in [5.41, 5.74) is 8.03. The molecule has 2 aromatic carbocycles. The van der Waals surface area contributed by atoms with Gasteiger partial charge in [-0.3, -0.25) is 0 Å². The van der Waals surface area contributed by atoms with Crippen LogP contribution in [-0.2, 0) is 0 Å². The molecule has 0 radical (unpaired) electrons. The molecule has 0 aromatic heterocycles. The van der Waals surface area contributed by atoms with E-state index in [-0.39, 0.29) is 11.9 Å². The lowest BCUT2D eigenvalue weighted by Gasteiger charge is -2.28. The molecular weight excluding hydrogens is 253 g/mol. The number of anilines is 2. The number of hydrogen-bond acceptors (Lipinski definition) is 3. The Kier molecular flexibility index (Phi) is 3.90. The molecule has 1 unspecified atom stereocenters. The van der Waals surface area contributed by atoms with Gasteiger partial charge in [-0.05, 0) is 31.2 Å². The van der Waals surface area contributed by atoms with Gasteiger partial charge in [-0.2, -0.15) is 5.26 Å². The molecule has 4 heteroatoms. The van der Waals surface area contributed by atoms with Crippen molar-refractivity contribution < 1.29 is 4.39 Å². The fourth-order valence-corrected chi connectivity index (χ4v) is 2.18. The highest BCUT2D eigenvalue weighted by Crippen LogP contribution is 2.30. The molecule has 0 bridgehead atoms. The number of hydrogen-bond donors (Lipinski definition) is 1.